The number of anilines is 1. The fraction of sp³-hybridized carbons (Fsp3) is 0.810. The summed E-state index contributed by atoms with van der Waals surface area (Å²) in [6.45, 7) is 8.06. The molecule has 6 heteroatoms. The molecule has 3 aliphatic rings. The first-order chi connectivity index (χ1) is 13.1. The normalized spacial score (nSPS) is 23.9. The Morgan fingerprint density at radius 3 is 2.59 bits per heavy atom. The van der Waals surface area contributed by atoms with Crippen molar-refractivity contribution >= 4 is 11.8 Å². The van der Waals surface area contributed by atoms with E-state index in [0.717, 1.165) is 50.0 Å². The highest BCUT2D eigenvalue weighted by molar-refractivity contribution is 5.89. The van der Waals surface area contributed by atoms with E-state index in [1.165, 1.54) is 44.9 Å². The van der Waals surface area contributed by atoms with E-state index in [2.05, 4.69) is 22.2 Å². The molecule has 150 valence electrons. The predicted molar refractivity (Wildman–Crippen MR) is 108 cm³/mol. The second-order valence-electron chi connectivity index (χ2n) is 8.80. The number of carbonyl (C=O) groups excluding carboxylic acids is 1. The molecule has 1 aliphatic heterocycles. The second-order valence-corrected chi connectivity index (χ2v) is 8.80. The van der Waals surface area contributed by atoms with E-state index in [9.17, 15) is 4.79 Å². The van der Waals surface area contributed by atoms with Gasteiger partial charge >= 0.3 is 6.03 Å². The first-order valence-corrected chi connectivity index (χ1v) is 11.0. The maximum Gasteiger partial charge on any atom is 0.323 e. The van der Waals surface area contributed by atoms with Crippen molar-refractivity contribution in [2.24, 2.45) is 5.92 Å². The smallest absolute Gasteiger partial charge is 0.323 e. The van der Waals surface area contributed by atoms with Crippen LogP contribution in [-0.4, -0.2) is 57.8 Å². The zero-order chi connectivity index (χ0) is 18.8. The molecule has 2 heterocycles. The SMILES string of the molecule is Cc1cnn([C@H](C)C2CC2)c1NC(=O)N1CCCN(C2CCCCC2)CC1. The summed E-state index contributed by atoms with van der Waals surface area (Å²) in [5, 5.41) is 7.73. The highest BCUT2D eigenvalue weighted by Crippen LogP contribution is 2.40. The molecule has 4 rings (SSSR count). The van der Waals surface area contributed by atoms with Crippen LogP contribution in [0.4, 0.5) is 10.6 Å². The number of aromatic nitrogens is 2. The van der Waals surface area contributed by atoms with E-state index < -0.39 is 0 Å². The van der Waals surface area contributed by atoms with Gasteiger partial charge in [-0.3, -0.25) is 10.2 Å². The van der Waals surface area contributed by atoms with Gasteiger partial charge in [0.1, 0.15) is 5.82 Å². The number of carbonyl (C=O) groups is 1. The summed E-state index contributed by atoms with van der Waals surface area (Å²) in [6.07, 6.45) is 12.3. The van der Waals surface area contributed by atoms with Gasteiger partial charge in [-0.25, -0.2) is 9.48 Å². The lowest BCUT2D eigenvalue weighted by atomic mass is 9.94. The molecular weight excluding hydrogens is 338 g/mol. The van der Waals surface area contributed by atoms with Crippen molar-refractivity contribution in [3.63, 3.8) is 0 Å². The average molecular weight is 374 g/mol. The quantitative estimate of drug-likeness (QED) is 0.867. The van der Waals surface area contributed by atoms with Crippen LogP contribution in [0.25, 0.3) is 0 Å². The van der Waals surface area contributed by atoms with Gasteiger partial charge in [0.15, 0.2) is 0 Å². The van der Waals surface area contributed by atoms with Gasteiger partial charge in [-0.05, 0) is 51.9 Å². The lowest BCUT2D eigenvalue weighted by Gasteiger charge is -2.33. The van der Waals surface area contributed by atoms with Crippen molar-refractivity contribution in [1.29, 1.82) is 0 Å². The van der Waals surface area contributed by atoms with Crippen LogP contribution in [0.15, 0.2) is 6.20 Å². The van der Waals surface area contributed by atoms with E-state index in [-0.39, 0.29) is 6.03 Å². The van der Waals surface area contributed by atoms with Gasteiger partial charge in [0, 0.05) is 37.8 Å². The molecule has 2 amide bonds. The lowest BCUT2D eigenvalue weighted by Crippen LogP contribution is -2.41. The van der Waals surface area contributed by atoms with Crippen molar-refractivity contribution in [2.45, 2.75) is 77.3 Å². The van der Waals surface area contributed by atoms with E-state index in [4.69, 9.17) is 0 Å². The minimum absolute atomic E-state index is 0.0355. The topological polar surface area (TPSA) is 53.4 Å². The first-order valence-electron chi connectivity index (χ1n) is 11.0. The molecule has 1 aromatic heterocycles. The first kappa shape index (κ1) is 18.8. The Kier molecular flexibility index (Phi) is 5.71. The molecule has 1 atom stereocenters. The van der Waals surface area contributed by atoms with Gasteiger partial charge < -0.3 is 4.90 Å². The fourth-order valence-corrected chi connectivity index (χ4v) is 4.82. The summed E-state index contributed by atoms with van der Waals surface area (Å²) in [5.74, 6) is 1.59. The number of hydrogen-bond donors (Lipinski definition) is 1. The number of aryl methyl sites for hydroxylation is 1. The molecule has 0 spiro atoms. The third-order valence-corrected chi connectivity index (χ3v) is 6.80. The van der Waals surface area contributed by atoms with Crippen LogP contribution in [0.1, 0.15) is 69.9 Å². The maximum absolute atomic E-state index is 13.0. The van der Waals surface area contributed by atoms with Crippen molar-refractivity contribution in [3.8, 4) is 0 Å². The van der Waals surface area contributed by atoms with Crippen LogP contribution in [0.5, 0.6) is 0 Å². The van der Waals surface area contributed by atoms with Crippen molar-refractivity contribution in [3.05, 3.63) is 11.8 Å². The van der Waals surface area contributed by atoms with Crippen LogP contribution in [-0.2, 0) is 0 Å². The zero-order valence-electron chi connectivity index (χ0n) is 17.0. The van der Waals surface area contributed by atoms with Crippen molar-refractivity contribution in [2.75, 3.05) is 31.5 Å². The van der Waals surface area contributed by atoms with Crippen molar-refractivity contribution in [1.82, 2.24) is 19.6 Å². The molecule has 0 bridgehead atoms. The minimum atomic E-state index is 0.0355. The molecule has 6 nitrogen and oxygen atoms in total. The second kappa shape index (κ2) is 8.21. The molecule has 1 saturated heterocycles. The van der Waals surface area contributed by atoms with Crippen LogP contribution in [0.3, 0.4) is 0 Å². The van der Waals surface area contributed by atoms with Gasteiger partial charge in [-0.1, -0.05) is 19.3 Å². The molecule has 1 N–H and O–H groups in total. The Morgan fingerprint density at radius 2 is 1.85 bits per heavy atom. The van der Waals surface area contributed by atoms with Gasteiger partial charge in [0.25, 0.3) is 0 Å². The summed E-state index contributed by atoms with van der Waals surface area (Å²) in [5.41, 5.74) is 1.05. The average Bonchev–Trinajstić information content (AvgIpc) is 3.50. The Morgan fingerprint density at radius 1 is 1.07 bits per heavy atom. The molecule has 0 aromatic carbocycles. The van der Waals surface area contributed by atoms with Crippen LogP contribution < -0.4 is 5.32 Å². The fourth-order valence-electron chi connectivity index (χ4n) is 4.82. The molecule has 2 saturated carbocycles. The monoisotopic (exact) mass is 373 g/mol. The highest BCUT2D eigenvalue weighted by Gasteiger charge is 2.32. The third-order valence-electron chi connectivity index (χ3n) is 6.80. The Labute approximate surface area is 163 Å². The largest absolute Gasteiger partial charge is 0.323 e. The summed E-state index contributed by atoms with van der Waals surface area (Å²) in [6, 6.07) is 1.14. The Bertz CT molecular complexity index is 647. The molecule has 2 aliphatic carbocycles. The highest BCUT2D eigenvalue weighted by atomic mass is 16.2. The molecule has 27 heavy (non-hydrogen) atoms. The molecular formula is C21H35N5O. The number of hydrogen-bond acceptors (Lipinski definition) is 3. The van der Waals surface area contributed by atoms with E-state index >= 15 is 0 Å². The summed E-state index contributed by atoms with van der Waals surface area (Å²) < 4.78 is 2.02. The zero-order valence-corrected chi connectivity index (χ0v) is 17.0. The van der Waals surface area contributed by atoms with Crippen LogP contribution >= 0.6 is 0 Å². The number of rotatable bonds is 4. The molecule has 3 fully saturated rings. The third kappa shape index (κ3) is 4.31. The number of amides is 2. The number of urea groups is 1. The van der Waals surface area contributed by atoms with Gasteiger partial charge in [0.2, 0.25) is 0 Å². The number of nitrogens with one attached hydrogen (secondary N) is 1. The van der Waals surface area contributed by atoms with E-state index in [1.54, 1.807) is 0 Å². The number of nitrogens with zero attached hydrogens (tertiary/aromatic N) is 4. The molecule has 0 unspecified atom stereocenters. The Balaban J connectivity index is 1.36. The maximum atomic E-state index is 13.0. The summed E-state index contributed by atoms with van der Waals surface area (Å²) in [7, 11) is 0. The van der Waals surface area contributed by atoms with E-state index in [0.29, 0.717) is 12.0 Å². The van der Waals surface area contributed by atoms with Crippen LogP contribution in [0.2, 0.25) is 0 Å². The van der Waals surface area contributed by atoms with Gasteiger partial charge in [0.05, 0.1) is 12.2 Å². The summed E-state index contributed by atoms with van der Waals surface area (Å²) in [4.78, 5) is 17.6. The molecule has 0 radical (unpaired) electrons. The predicted octanol–water partition coefficient (Wildman–Crippen LogP) is 4.03. The lowest BCUT2D eigenvalue weighted by molar-refractivity contribution is 0.160. The molecule has 1 aromatic rings. The van der Waals surface area contributed by atoms with Gasteiger partial charge in [-0.2, -0.15) is 5.10 Å². The summed E-state index contributed by atoms with van der Waals surface area (Å²) >= 11 is 0. The van der Waals surface area contributed by atoms with Crippen LogP contribution in [0, 0.1) is 12.8 Å². The standard InChI is InChI=1S/C21H35N5O/c1-16-15-22-26(17(2)18-9-10-18)20(16)23-21(27)25-12-6-11-24(13-14-25)19-7-4-3-5-8-19/h15,17-19H,3-14H2,1-2H3,(H,23,27)/t17-/m1/s1. The van der Waals surface area contributed by atoms with Crippen molar-refractivity contribution < 1.29 is 4.79 Å². The van der Waals surface area contributed by atoms with E-state index in [1.807, 2.05) is 22.7 Å². The Hall–Kier alpha value is -1.56. The van der Waals surface area contributed by atoms with Gasteiger partial charge in [-0.15, -0.1) is 0 Å². The minimum Gasteiger partial charge on any atom is -0.323 e.